The molecule has 2 aromatic carbocycles. The van der Waals surface area contributed by atoms with E-state index in [1.807, 2.05) is 0 Å². The zero-order valence-corrected chi connectivity index (χ0v) is 13.7. The summed E-state index contributed by atoms with van der Waals surface area (Å²) in [6.45, 7) is 0. The minimum Gasteiger partial charge on any atom is -0.406 e. The second-order valence-electron chi connectivity index (χ2n) is 5.04. The second kappa shape index (κ2) is 6.60. The zero-order valence-electron chi connectivity index (χ0n) is 12.9. The predicted molar refractivity (Wildman–Crippen MR) is 87.0 cm³/mol. The molecule has 0 saturated carbocycles. The Labute approximate surface area is 144 Å². The number of fused-ring (bicyclic) bond motifs is 1. The highest BCUT2D eigenvalue weighted by Crippen LogP contribution is 2.27. The van der Waals surface area contributed by atoms with Gasteiger partial charge in [-0.2, -0.15) is 0 Å². The Bertz CT molecular complexity index is 978. The number of rotatable bonds is 3. The summed E-state index contributed by atoms with van der Waals surface area (Å²) in [5.41, 5.74) is 3.56. The first kappa shape index (κ1) is 17.0. The Kier molecular flexibility index (Phi) is 4.49. The number of carbonyl (C=O) groups excluding carboxylic acids is 1. The van der Waals surface area contributed by atoms with Crippen LogP contribution in [0.15, 0.2) is 53.6 Å². The van der Waals surface area contributed by atoms with E-state index in [9.17, 15) is 18.0 Å². The van der Waals surface area contributed by atoms with E-state index in [2.05, 4.69) is 15.3 Å². The standard InChI is InChI=1S/C16H12F3N3O2S/c1-22-12-8-7-11(24-16(17,18)19)9-13(12)25-15(22)21-20-14(23)10-5-3-2-4-6-10/h2-9H,1H3,(H,20,23)/b21-15-. The summed E-state index contributed by atoms with van der Waals surface area (Å²) in [7, 11) is 1.70. The van der Waals surface area contributed by atoms with Crippen molar-refractivity contribution >= 4 is 27.5 Å². The van der Waals surface area contributed by atoms with Crippen molar-refractivity contribution in [3.63, 3.8) is 0 Å². The summed E-state index contributed by atoms with van der Waals surface area (Å²) in [5.74, 6) is -0.680. The van der Waals surface area contributed by atoms with E-state index < -0.39 is 6.36 Å². The van der Waals surface area contributed by atoms with Crippen LogP contribution in [0.1, 0.15) is 10.4 Å². The third-order valence-corrected chi connectivity index (χ3v) is 4.40. The highest BCUT2D eigenvalue weighted by atomic mass is 32.1. The van der Waals surface area contributed by atoms with E-state index in [0.29, 0.717) is 20.6 Å². The number of hydrogen-bond acceptors (Lipinski definition) is 4. The van der Waals surface area contributed by atoms with Crippen LogP contribution in [0.3, 0.4) is 0 Å². The van der Waals surface area contributed by atoms with Gasteiger partial charge in [0.1, 0.15) is 5.75 Å². The molecule has 9 heteroatoms. The van der Waals surface area contributed by atoms with Gasteiger partial charge in [0.2, 0.25) is 4.80 Å². The molecule has 0 aliphatic rings. The summed E-state index contributed by atoms with van der Waals surface area (Å²) in [5, 5.41) is 4.04. The minimum atomic E-state index is -4.75. The Morgan fingerprint density at radius 3 is 2.60 bits per heavy atom. The van der Waals surface area contributed by atoms with E-state index in [0.717, 1.165) is 11.3 Å². The van der Waals surface area contributed by atoms with Gasteiger partial charge in [-0.3, -0.25) is 4.79 Å². The molecule has 5 nitrogen and oxygen atoms in total. The van der Waals surface area contributed by atoms with Crippen molar-refractivity contribution in [2.75, 3.05) is 0 Å². The lowest BCUT2D eigenvalue weighted by Gasteiger charge is -2.08. The zero-order chi connectivity index (χ0) is 18.0. The van der Waals surface area contributed by atoms with Crippen molar-refractivity contribution in [2.45, 2.75) is 6.36 Å². The molecular weight excluding hydrogens is 355 g/mol. The highest BCUT2D eigenvalue weighted by Gasteiger charge is 2.31. The number of alkyl halides is 3. The number of ether oxygens (including phenoxy) is 1. The van der Waals surface area contributed by atoms with Gasteiger partial charge in [0, 0.05) is 12.6 Å². The first-order valence-corrected chi connectivity index (χ1v) is 7.89. The molecule has 130 valence electrons. The van der Waals surface area contributed by atoms with Gasteiger partial charge in [-0.1, -0.05) is 29.5 Å². The topological polar surface area (TPSA) is 55.6 Å². The third kappa shape index (κ3) is 4.00. The first-order chi connectivity index (χ1) is 11.8. The number of benzene rings is 2. The van der Waals surface area contributed by atoms with E-state index in [1.54, 1.807) is 41.9 Å². The van der Waals surface area contributed by atoms with E-state index >= 15 is 0 Å². The highest BCUT2D eigenvalue weighted by molar-refractivity contribution is 7.16. The predicted octanol–water partition coefficient (Wildman–Crippen LogP) is 3.38. The fourth-order valence-electron chi connectivity index (χ4n) is 2.17. The van der Waals surface area contributed by atoms with Gasteiger partial charge in [-0.15, -0.1) is 18.3 Å². The number of aromatic nitrogens is 1. The van der Waals surface area contributed by atoms with Gasteiger partial charge in [0.15, 0.2) is 0 Å². The SMILES string of the molecule is Cn1/c(=N/NC(=O)c2ccccc2)sc2cc(OC(F)(F)F)ccc21. The quantitative estimate of drug-likeness (QED) is 0.722. The fourth-order valence-corrected chi connectivity index (χ4v) is 3.18. The smallest absolute Gasteiger partial charge is 0.406 e. The van der Waals surface area contributed by atoms with Crippen LogP contribution in [0, 0.1) is 0 Å². The number of hydrogen-bond donors (Lipinski definition) is 1. The maximum atomic E-state index is 12.3. The largest absolute Gasteiger partial charge is 0.573 e. The molecule has 0 fully saturated rings. The normalized spacial score (nSPS) is 12.4. The number of aryl methyl sites for hydroxylation is 1. The average Bonchev–Trinajstić information content (AvgIpc) is 2.87. The van der Waals surface area contributed by atoms with Crippen molar-refractivity contribution in [1.29, 1.82) is 0 Å². The van der Waals surface area contributed by atoms with Gasteiger partial charge in [0.05, 0.1) is 10.2 Å². The van der Waals surface area contributed by atoms with Gasteiger partial charge in [-0.25, -0.2) is 5.43 Å². The molecular formula is C16H12F3N3O2S. The molecule has 3 rings (SSSR count). The molecule has 0 aliphatic heterocycles. The summed E-state index contributed by atoms with van der Waals surface area (Å²) < 4.78 is 43.1. The molecule has 1 N–H and O–H groups in total. The molecule has 1 amide bonds. The molecule has 0 atom stereocenters. The second-order valence-corrected chi connectivity index (χ2v) is 6.05. The monoisotopic (exact) mass is 367 g/mol. The van der Waals surface area contributed by atoms with Gasteiger partial charge < -0.3 is 9.30 Å². The lowest BCUT2D eigenvalue weighted by atomic mass is 10.2. The van der Waals surface area contributed by atoms with Gasteiger partial charge >= 0.3 is 6.36 Å². The summed E-state index contributed by atoms with van der Waals surface area (Å²) in [6, 6.07) is 12.6. The van der Waals surface area contributed by atoms with Crippen LogP contribution < -0.4 is 15.0 Å². The van der Waals surface area contributed by atoms with Crippen LogP contribution in [-0.2, 0) is 7.05 Å². The van der Waals surface area contributed by atoms with E-state index in [4.69, 9.17) is 0 Å². The number of amides is 1. The van der Waals surface area contributed by atoms with Crippen molar-refractivity contribution in [2.24, 2.45) is 12.1 Å². The molecule has 0 spiro atoms. The first-order valence-electron chi connectivity index (χ1n) is 7.08. The molecule has 25 heavy (non-hydrogen) atoms. The molecule has 0 unspecified atom stereocenters. The van der Waals surface area contributed by atoms with Crippen LogP contribution >= 0.6 is 11.3 Å². The number of carbonyl (C=O) groups is 1. The Balaban J connectivity index is 1.89. The number of thiazole rings is 1. The average molecular weight is 367 g/mol. The third-order valence-electron chi connectivity index (χ3n) is 3.30. The molecule has 0 bridgehead atoms. The molecule has 1 aromatic heterocycles. The molecule has 1 heterocycles. The van der Waals surface area contributed by atoms with Crippen LogP contribution in [0.4, 0.5) is 13.2 Å². The molecule has 0 radical (unpaired) electrons. The number of nitrogens with one attached hydrogen (secondary N) is 1. The molecule has 3 aromatic rings. The van der Waals surface area contributed by atoms with Crippen molar-refractivity contribution < 1.29 is 22.7 Å². The van der Waals surface area contributed by atoms with Crippen LogP contribution in [0.2, 0.25) is 0 Å². The maximum absolute atomic E-state index is 12.3. The van der Waals surface area contributed by atoms with E-state index in [1.165, 1.54) is 18.2 Å². The number of nitrogens with zero attached hydrogens (tertiary/aromatic N) is 2. The van der Waals surface area contributed by atoms with Crippen molar-refractivity contribution in [3.8, 4) is 5.75 Å². The Morgan fingerprint density at radius 1 is 1.20 bits per heavy atom. The van der Waals surface area contributed by atoms with E-state index in [-0.39, 0.29) is 11.7 Å². The van der Waals surface area contributed by atoms with Gasteiger partial charge in [0.25, 0.3) is 5.91 Å². The van der Waals surface area contributed by atoms with Crippen molar-refractivity contribution in [3.05, 3.63) is 58.9 Å². The van der Waals surface area contributed by atoms with Gasteiger partial charge in [-0.05, 0) is 30.3 Å². The molecule has 0 saturated heterocycles. The number of halogens is 3. The maximum Gasteiger partial charge on any atom is 0.573 e. The van der Waals surface area contributed by atoms with Crippen LogP contribution in [0.5, 0.6) is 5.75 Å². The van der Waals surface area contributed by atoms with Crippen LogP contribution in [0.25, 0.3) is 10.2 Å². The Hall–Kier alpha value is -2.81. The minimum absolute atomic E-state index is 0.304. The van der Waals surface area contributed by atoms with Crippen molar-refractivity contribution in [1.82, 2.24) is 9.99 Å². The molecule has 0 aliphatic carbocycles. The fraction of sp³-hybridized carbons (Fsp3) is 0.125. The lowest BCUT2D eigenvalue weighted by molar-refractivity contribution is -0.274. The summed E-state index contributed by atoms with van der Waals surface area (Å²) in [4.78, 5) is 12.4. The Morgan fingerprint density at radius 2 is 1.92 bits per heavy atom. The lowest BCUT2D eigenvalue weighted by Crippen LogP contribution is -2.23. The van der Waals surface area contributed by atoms with Crippen LogP contribution in [-0.4, -0.2) is 16.8 Å². The summed E-state index contributed by atoms with van der Waals surface area (Å²) in [6.07, 6.45) is -4.75. The summed E-state index contributed by atoms with van der Waals surface area (Å²) >= 11 is 1.14.